The van der Waals surface area contributed by atoms with Gasteiger partial charge in [-0.25, -0.2) is 9.97 Å². The van der Waals surface area contributed by atoms with Gasteiger partial charge in [0.25, 0.3) is 11.5 Å². The van der Waals surface area contributed by atoms with E-state index >= 15 is 0 Å². The first-order valence-corrected chi connectivity index (χ1v) is 16.2. The summed E-state index contributed by atoms with van der Waals surface area (Å²) in [6.07, 6.45) is 1.17. The number of halogens is 3. The molecule has 1 atom stereocenters. The van der Waals surface area contributed by atoms with Gasteiger partial charge in [0.1, 0.15) is 23.7 Å². The Bertz CT molecular complexity index is 2030. The van der Waals surface area contributed by atoms with Crippen molar-refractivity contribution in [2.24, 2.45) is 0 Å². The predicted octanol–water partition coefficient (Wildman–Crippen LogP) is 3.46. The molecule has 2 amide bonds. The van der Waals surface area contributed by atoms with Gasteiger partial charge in [0.2, 0.25) is 11.7 Å². The lowest BCUT2D eigenvalue weighted by Crippen LogP contribution is -2.51. The first-order valence-electron chi connectivity index (χ1n) is 16.2. The minimum atomic E-state index is -4.64. The van der Waals surface area contributed by atoms with E-state index in [0.717, 1.165) is 24.1 Å². The number of amides is 2. The zero-order valence-electron chi connectivity index (χ0n) is 27.7. The normalized spacial score (nSPS) is 16.8. The van der Waals surface area contributed by atoms with Crippen molar-refractivity contribution in [3.8, 4) is 5.75 Å². The van der Waals surface area contributed by atoms with Crippen LogP contribution < -0.4 is 15.8 Å². The van der Waals surface area contributed by atoms with Crippen LogP contribution in [0.3, 0.4) is 0 Å². The van der Waals surface area contributed by atoms with E-state index in [2.05, 4.69) is 20.4 Å². The van der Waals surface area contributed by atoms with Gasteiger partial charge in [0, 0.05) is 39.5 Å². The zero-order valence-corrected chi connectivity index (χ0v) is 27.7. The zero-order chi connectivity index (χ0) is 35.7. The van der Waals surface area contributed by atoms with Crippen LogP contribution in [0.5, 0.6) is 5.75 Å². The summed E-state index contributed by atoms with van der Waals surface area (Å²) in [4.78, 5) is 56.6. The van der Waals surface area contributed by atoms with E-state index in [0.29, 0.717) is 36.5 Å². The predicted molar refractivity (Wildman–Crippen MR) is 176 cm³/mol. The number of aromatic nitrogens is 6. The number of alkyl halides is 3. The van der Waals surface area contributed by atoms with Crippen molar-refractivity contribution in [3.05, 3.63) is 75.5 Å². The van der Waals surface area contributed by atoms with E-state index < -0.39 is 29.2 Å². The number of aromatic hydroxyl groups is 1. The summed E-state index contributed by atoms with van der Waals surface area (Å²) in [6.45, 7) is 3.86. The topological polar surface area (TPSA) is 160 Å². The second-order valence-corrected chi connectivity index (χ2v) is 12.1. The van der Waals surface area contributed by atoms with Crippen LogP contribution in [0.1, 0.15) is 59.6 Å². The molecule has 2 N–H and O–H groups in total. The maximum absolute atomic E-state index is 14.2. The van der Waals surface area contributed by atoms with Gasteiger partial charge in [-0.15, -0.1) is 5.10 Å². The maximum Gasteiger partial charge on any atom is 0.433 e. The number of piperazine rings is 1. The molecule has 0 aromatic carbocycles. The molecular weight excluding hydrogens is 659 g/mol. The van der Waals surface area contributed by atoms with Crippen LogP contribution in [0.15, 0.2) is 41.3 Å². The average molecular weight is 696 g/mol. The Kier molecular flexibility index (Phi) is 9.60. The lowest BCUT2D eigenvalue weighted by Gasteiger charge is -2.36. The number of hydrogen-bond donors (Lipinski definition) is 2. The third-order valence-electron chi connectivity index (χ3n) is 8.97. The molecule has 17 heteroatoms. The van der Waals surface area contributed by atoms with E-state index in [9.17, 15) is 32.7 Å². The van der Waals surface area contributed by atoms with Crippen molar-refractivity contribution in [1.29, 1.82) is 0 Å². The van der Waals surface area contributed by atoms with Crippen molar-refractivity contribution >= 4 is 34.5 Å². The molecule has 4 aromatic heterocycles. The van der Waals surface area contributed by atoms with Gasteiger partial charge >= 0.3 is 6.18 Å². The molecule has 14 nitrogen and oxygen atoms in total. The highest BCUT2D eigenvalue weighted by Crippen LogP contribution is 2.30. The van der Waals surface area contributed by atoms with Gasteiger partial charge in [-0.2, -0.15) is 22.7 Å². The second-order valence-electron chi connectivity index (χ2n) is 12.1. The number of methoxy groups -OCH3 is 1. The van der Waals surface area contributed by atoms with E-state index in [4.69, 9.17) is 9.72 Å². The number of aryl methyl sites for hydroxylation is 1. The van der Waals surface area contributed by atoms with Crippen LogP contribution in [0.2, 0.25) is 0 Å². The van der Waals surface area contributed by atoms with Gasteiger partial charge in [-0.3, -0.25) is 14.4 Å². The van der Waals surface area contributed by atoms with Crippen LogP contribution in [0.25, 0.3) is 11.4 Å². The molecule has 4 aromatic rings. The minimum Gasteiger partial charge on any atom is -0.505 e. The molecular formula is C33H36F3N9O5. The molecule has 0 spiro atoms. The van der Waals surface area contributed by atoms with E-state index in [1.54, 1.807) is 16.6 Å². The molecule has 264 valence electrons. The molecule has 1 aliphatic heterocycles. The minimum absolute atomic E-state index is 0.00978. The fourth-order valence-electron chi connectivity index (χ4n) is 6.32. The average Bonchev–Trinajstić information content (AvgIpc) is 3.56. The van der Waals surface area contributed by atoms with Crippen molar-refractivity contribution in [2.45, 2.75) is 58.4 Å². The molecule has 5 heterocycles. The highest BCUT2D eigenvalue weighted by Gasteiger charge is 2.33. The summed E-state index contributed by atoms with van der Waals surface area (Å²) in [5.41, 5.74) is 0.157. The number of allylic oxidation sites excluding steroid dienone is 1. The molecule has 2 aliphatic rings. The number of nitrogens with one attached hydrogen (secondary N) is 1. The third kappa shape index (κ3) is 6.77. The molecule has 0 radical (unpaired) electrons. The Morgan fingerprint density at radius 2 is 1.88 bits per heavy atom. The van der Waals surface area contributed by atoms with E-state index in [1.807, 2.05) is 17.9 Å². The molecule has 0 saturated carbocycles. The summed E-state index contributed by atoms with van der Waals surface area (Å²) in [5, 5.41) is 17.4. The van der Waals surface area contributed by atoms with E-state index in [1.165, 1.54) is 29.8 Å². The van der Waals surface area contributed by atoms with Gasteiger partial charge in [-0.1, -0.05) is 13.0 Å². The Morgan fingerprint density at radius 1 is 1.12 bits per heavy atom. The molecule has 1 aliphatic carbocycles. The number of anilines is 2. The summed E-state index contributed by atoms with van der Waals surface area (Å²) < 4.78 is 47.8. The van der Waals surface area contributed by atoms with Gasteiger partial charge < -0.3 is 29.5 Å². The quantitative estimate of drug-likeness (QED) is 0.280. The number of pyridine rings is 2. The van der Waals surface area contributed by atoms with Gasteiger partial charge in [0.15, 0.2) is 11.5 Å². The van der Waals surface area contributed by atoms with Crippen LogP contribution >= 0.6 is 0 Å². The van der Waals surface area contributed by atoms with Crippen LogP contribution in [-0.4, -0.2) is 90.3 Å². The number of carbonyl (C=O) groups excluding carboxylic acids is 2. The highest BCUT2D eigenvalue weighted by atomic mass is 19.4. The largest absolute Gasteiger partial charge is 0.505 e. The molecule has 6 rings (SSSR count). The number of hydrogen-bond acceptors (Lipinski definition) is 10. The van der Waals surface area contributed by atoms with Crippen molar-refractivity contribution in [3.63, 3.8) is 0 Å². The first kappa shape index (κ1) is 34.5. The smallest absolute Gasteiger partial charge is 0.433 e. The lowest BCUT2D eigenvalue weighted by molar-refractivity contribution is -0.141. The highest BCUT2D eigenvalue weighted by molar-refractivity contribution is 5.95. The molecule has 0 bridgehead atoms. The summed E-state index contributed by atoms with van der Waals surface area (Å²) >= 11 is 0. The number of nitrogens with zero attached hydrogens (tertiary/aromatic N) is 8. The monoisotopic (exact) mass is 695 g/mol. The van der Waals surface area contributed by atoms with Gasteiger partial charge in [-0.05, 0) is 62.4 Å². The van der Waals surface area contributed by atoms with Crippen LogP contribution in [0.4, 0.5) is 24.5 Å². The van der Waals surface area contributed by atoms with Crippen LogP contribution in [0, 0.1) is 6.92 Å². The molecule has 1 unspecified atom stereocenters. The number of fused-ring (bicyclic) bond motifs is 1. The van der Waals surface area contributed by atoms with E-state index in [-0.39, 0.29) is 67.4 Å². The van der Waals surface area contributed by atoms with Crippen LogP contribution in [-0.2, 0) is 28.7 Å². The standard InChI is InChI=1S/C33H36F3N9O5/c1-4-23-28(42-14-16-43(17-15-42)30(48)27-24(46)6-5-13-37-27)31(49)45-32(40-29(41-45)20-7-9-21(50-3)10-8-20)44(23)18-26(47)39-22-11-12-25(33(34,35)36)38-19(22)2/h5-7,11-13,21,46H,4,8-10,14-18H2,1-3H3,(H,39,47). The Hall–Kier alpha value is -5.32. The lowest BCUT2D eigenvalue weighted by atomic mass is 9.97. The van der Waals surface area contributed by atoms with Crippen molar-refractivity contribution in [2.75, 3.05) is 43.5 Å². The van der Waals surface area contributed by atoms with Gasteiger partial charge in [0.05, 0.1) is 23.2 Å². The fraction of sp³-hybridized carbons (Fsp3) is 0.424. The number of carbonyl (C=O) groups is 2. The van der Waals surface area contributed by atoms with Crippen molar-refractivity contribution in [1.82, 2.24) is 34.0 Å². The molecule has 50 heavy (non-hydrogen) atoms. The SMILES string of the molecule is CCc1c(N2CCN(C(=O)c3ncccc3O)CC2)c(=O)n2nc(C3=CCC(OC)CC3)nc2n1CC(=O)Nc1ccc(C(F)(F)F)nc1C. The Labute approximate surface area is 284 Å². The Balaban J connectivity index is 1.35. The van der Waals surface area contributed by atoms with Crippen molar-refractivity contribution < 1.29 is 32.6 Å². The molecule has 1 fully saturated rings. The fourth-order valence-corrected chi connectivity index (χ4v) is 6.32. The summed E-state index contributed by atoms with van der Waals surface area (Å²) in [6, 6.07) is 4.86. The number of rotatable bonds is 8. The molecule has 1 saturated heterocycles. The third-order valence-corrected chi connectivity index (χ3v) is 8.97. The summed E-state index contributed by atoms with van der Waals surface area (Å²) in [7, 11) is 1.65. The first-order chi connectivity index (χ1) is 23.9. The summed E-state index contributed by atoms with van der Waals surface area (Å²) in [5.74, 6) is -0.755. The Morgan fingerprint density at radius 3 is 2.50 bits per heavy atom. The maximum atomic E-state index is 14.2. The second kappa shape index (κ2) is 13.9. The number of ether oxygens (including phenoxy) is 1.